The Morgan fingerprint density at radius 2 is 2.14 bits per heavy atom. The molecule has 0 unspecified atom stereocenters. The molecule has 0 amide bonds. The molecule has 108 valence electrons. The summed E-state index contributed by atoms with van der Waals surface area (Å²) in [5.41, 5.74) is 2.10. The van der Waals surface area contributed by atoms with Crippen LogP contribution in [0.2, 0.25) is 0 Å². The van der Waals surface area contributed by atoms with E-state index in [1.54, 1.807) is 19.5 Å². The smallest absolute Gasteiger partial charge is 0.224 e. The van der Waals surface area contributed by atoms with Crippen molar-refractivity contribution in [1.29, 1.82) is 0 Å². The Hall–Kier alpha value is -2.63. The van der Waals surface area contributed by atoms with Crippen LogP contribution in [0.3, 0.4) is 0 Å². The fraction of sp³-hybridized carbons (Fsp3) is 0.267. The Morgan fingerprint density at radius 3 is 2.90 bits per heavy atom. The number of aromatic nitrogens is 5. The second-order valence-electron chi connectivity index (χ2n) is 4.78. The van der Waals surface area contributed by atoms with Crippen LogP contribution in [0, 0.1) is 0 Å². The zero-order valence-electron chi connectivity index (χ0n) is 12.1. The topological polar surface area (TPSA) is 57.8 Å². The average Bonchev–Trinajstić information content (AvgIpc) is 3.13. The molecule has 21 heavy (non-hydrogen) atoms. The molecule has 0 aliphatic rings. The highest BCUT2D eigenvalue weighted by Crippen LogP contribution is 2.26. The Labute approximate surface area is 123 Å². The summed E-state index contributed by atoms with van der Waals surface area (Å²) >= 11 is 0. The van der Waals surface area contributed by atoms with Gasteiger partial charge in [0.25, 0.3) is 0 Å². The van der Waals surface area contributed by atoms with Gasteiger partial charge in [-0.05, 0) is 24.1 Å². The van der Waals surface area contributed by atoms with Gasteiger partial charge in [0.15, 0.2) is 0 Å². The van der Waals surface area contributed by atoms with Gasteiger partial charge in [-0.25, -0.2) is 9.97 Å². The van der Waals surface area contributed by atoms with Crippen molar-refractivity contribution in [2.24, 2.45) is 7.05 Å². The molecule has 0 N–H and O–H groups in total. The second kappa shape index (κ2) is 5.78. The molecule has 0 aliphatic carbocycles. The number of imidazole rings is 1. The molecule has 3 aromatic rings. The minimum absolute atomic E-state index is 0.589. The fourth-order valence-corrected chi connectivity index (χ4v) is 2.31. The molecule has 0 saturated carbocycles. The van der Waals surface area contributed by atoms with E-state index in [1.165, 1.54) is 5.56 Å². The molecule has 0 atom stereocenters. The zero-order chi connectivity index (χ0) is 14.7. The van der Waals surface area contributed by atoms with Crippen molar-refractivity contribution >= 4 is 0 Å². The molecule has 0 saturated heterocycles. The van der Waals surface area contributed by atoms with Crippen molar-refractivity contribution in [2.45, 2.75) is 13.0 Å². The Morgan fingerprint density at radius 1 is 1.24 bits per heavy atom. The van der Waals surface area contributed by atoms with Crippen molar-refractivity contribution in [2.75, 3.05) is 7.11 Å². The minimum atomic E-state index is 0.589. The highest BCUT2D eigenvalue weighted by atomic mass is 16.5. The van der Waals surface area contributed by atoms with E-state index in [0.29, 0.717) is 5.88 Å². The third kappa shape index (κ3) is 2.79. The second-order valence-corrected chi connectivity index (χ2v) is 4.78. The van der Waals surface area contributed by atoms with Crippen LogP contribution in [0.25, 0.3) is 11.4 Å². The van der Waals surface area contributed by atoms with E-state index in [9.17, 15) is 0 Å². The summed E-state index contributed by atoms with van der Waals surface area (Å²) in [5.74, 6) is 1.45. The van der Waals surface area contributed by atoms with Gasteiger partial charge >= 0.3 is 0 Å². The number of nitrogens with zero attached hydrogens (tertiary/aromatic N) is 5. The van der Waals surface area contributed by atoms with E-state index in [2.05, 4.69) is 19.6 Å². The van der Waals surface area contributed by atoms with Gasteiger partial charge in [0.1, 0.15) is 5.82 Å². The summed E-state index contributed by atoms with van der Waals surface area (Å²) in [4.78, 5) is 8.66. The molecule has 3 aromatic heterocycles. The van der Waals surface area contributed by atoms with Crippen LogP contribution < -0.4 is 4.74 Å². The minimum Gasteiger partial charge on any atom is -0.480 e. The number of ether oxygens (including phenoxy) is 1. The maximum absolute atomic E-state index is 5.31. The lowest BCUT2D eigenvalue weighted by molar-refractivity contribution is 0.399. The van der Waals surface area contributed by atoms with Gasteiger partial charge in [-0.2, -0.15) is 5.10 Å². The van der Waals surface area contributed by atoms with Gasteiger partial charge in [-0.3, -0.25) is 4.68 Å². The lowest BCUT2D eigenvalue weighted by atomic mass is 10.2. The summed E-state index contributed by atoms with van der Waals surface area (Å²) in [7, 11) is 3.54. The normalized spacial score (nSPS) is 10.8. The van der Waals surface area contributed by atoms with Crippen LogP contribution in [0.4, 0.5) is 0 Å². The molecular weight excluding hydrogens is 266 g/mol. The number of pyridine rings is 1. The van der Waals surface area contributed by atoms with Crippen molar-refractivity contribution < 1.29 is 4.74 Å². The van der Waals surface area contributed by atoms with E-state index < -0.39 is 0 Å². The predicted octanol–water partition coefficient (Wildman–Crippen LogP) is 1.93. The van der Waals surface area contributed by atoms with Crippen LogP contribution in [0.15, 0.2) is 43.1 Å². The Kier molecular flexibility index (Phi) is 3.68. The highest BCUT2D eigenvalue weighted by Gasteiger charge is 2.12. The molecular formula is C15H17N5O. The van der Waals surface area contributed by atoms with Crippen molar-refractivity contribution in [1.82, 2.24) is 24.3 Å². The molecule has 6 heteroatoms. The third-order valence-corrected chi connectivity index (χ3v) is 3.32. The Balaban J connectivity index is 1.83. The lowest BCUT2D eigenvalue weighted by Crippen LogP contribution is -2.03. The first-order valence-corrected chi connectivity index (χ1v) is 6.76. The molecule has 0 aliphatic heterocycles. The molecule has 3 rings (SSSR count). The van der Waals surface area contributed by atoms with Gasteiger partial charge < -0.3 is 9.30 Å². The van der Waals surface area contributed by atoms with Crippen molar-refractivity contribution in [3.63, 3.8) is 0 Å². The summed E-state index contributed by atoms with van der Waals surface area (Å²) < 4.78 is 9.23. The standard InChI is InChI=1S/C15H17N5O/c1-19-11-12(10-18-19)5-8-20-9-7-16-14(20)13-4-3-6-17-15(13)21-2/h3-4,6-7,9-11H,5,8H2,1-2H3. The maximum Gasteiger partial charge on any atom is 0.224 e. The van der Waals surface area contributed by atoms with Gasteiger partial charge in [0.05, 0.1) is 18.9 Å². The Bertz CT molecular complexity index is 731. The van der Waals surface area contributed by atoms with Crippen LogP contribution in [-0.2, 0) is 20.0 Å². The van der Waals surface area contributed by atoms with E-state index >= 15 is 0 Å². The largest absolute Gasteiger partial charge is 0.480 e. The monoisotopic (exact) mass is 283 g/mol. The SMILES string of the molecule is COc1ncccc1-c1nccn1CCc1cnn(C)c1. The summed E-state index contributed by atoms with van der Waals surface area (Å²) in [5, 5.41) is 4.19. The zero-order valence-corrected chi connectivity index (χ0v) is 12.1. The van der Waals surface area contributed by atoms with Crippen molar-refractivity contribution in [3.8, 4) is 17.3 Å². The highest BCUT2D eigenvalue weighted by molar-refractivity contribution is 5.61. The molecule has 0 bridgehead atoms. The van der Waals surface area contributed by atoms with Gasteiger partial charge in [-0.15, -0.1) is 0 Å². The number of methoxy groups -OCH3 is 1. The van der Waals surface area contributed by atoms with Crippen LogP contribution in [0.5, 0.6) is 5.88 Å². The summed E-state index contributed by atoms with van der Waals surface area (Å²) in [6, 6.07) is 3.85. The predicted molar refractivity (Wildman–Crippen MR) is 78.9 cm³/mol. The van der Waals surface area contributed by atoms with Gasteiger partial charge in [0.2, 0.25) is 5.88 Å². The molecule has 0 spiro atoms. The first-order chi connectivity index (χ1) is 10.3. The number of hydrogen-bond donors (Lipinski definition) is 0. The number of aryl methyl sites for hydroxylation is 3. The van der Waals surface area contributed by atoms with Crippen molar-refractivity contribution in [3.05, 3.63) is 48.7 Å². The van der Waals surface area contributed by atoms with Gasteiger partial charge in [0, 0.05) is 38.4 Å². The fourth-order valence-electron chi connectivity index (χ4n) is 2.31. The first-order valence-electron chi connectivity index (χ1n) is 6.76. The number of hydrogen-bond acceptors (Lipinski definition) is 4. The van der Waals surface area contributed by atoms with Crippen LogP contribution in [-0.4, -0.2) is 31.4 Å². The van der Waals surface area contributed by atoms with E-state index in [4.69, 9.17) is 4.74 Å². The quantitative estimate of drug-likeness (QED) is 0.718. The molecule has 0 aromatic carbocycles. The average molecular weight is 283 g/mol. The summed E-state index contributed by atoms with van der Waals surface area (Å²) in [6.07, 6.45) is 10.3. The molecule has 0 radical (unpaired) electrons. The molecule has 6 nitrogen and oxygen atoms in total. The maximum atomic E-state index is 5.31. The van der Waals surface area contributed by atoms with E-state index in [-0.39, 0.29) is 0 Å². The lowest BCUT2D eigenvalue weighted by Gasteiger charge is -2.09. The van der Waals surface area contributed by atoms with Crippen LogP contribution >= 0.6 is 0 Å². The third-order valence-electron chi connectivity index (χ3n) is 3.32. The number of rotatable bonds is 5. The van der Waals surface area contributed by atoms with E-state index in [1.807, 2.05) is 42.5 Å². The summed E-state index contributed by atoms with van der Waals surface area (Å²) in [6.45, 7) is 0.832. The molecule has 3 heterocycles. The van der Waals surface area contributed by atoms with E-state index in [0.717, 1.165) is 24.4 Å². The van der Waals surface area contributed by atoms with Crippen LogP contribution in [0.1, 0.15) is 5.56 Å². The first kappa shape index (κ1) is 13.4. The molecule has 0 fully saturated rings. The van der Waals surface area contributed by atoms with Gasteiger partial charge in [-0.1, -0.05) is 0 Å².